The Morgan fingerprint density at radius 1 is 1.07 bits per heavy atom. The van der Waals surface area contributed by atoms with Crippen LogP contribution in [0.15, 0.2) is 24.3 Å². The Balaban J connectivity index is 1.94. The molecule has 150 valence electrons. The lowest BCUT2D eigenvalue weighted by Gasteiger charge is -2.37. The number of nitrogens with zero attached hydrogens (tertiary/aromatic N) is 4. The van der Waals surface area contributed by atoms with Crippen molar-refractivity contribution in [1.82, 2.24) is 14.9 Å². The third kappa shape index (κ3) is 4.30. The number of halogens is 1. The Kier molecular flexibility index (Phi) is 6.23. The number of anilines is 1. The Labute approximate surface area is 172 Å². The highest BCUT2D eigenvalue weighted by Gasteiger charge is 2.27. The number of amides is 1. The normalized spacial score (nSPS) is 15.8. The molecule has 1 aromatic heterocycles. The number of hydrogen-bond acceptors (Lipinski definition) is 4. The van der Waals surface area contributed by atoms with Crippen molar-refractivity contribution >= 4 is 23.3 Å². The minimum atomic E-state index is -0.480. The van der Waals surface area contributed by atoms with Crippen molar-refractivity contribution in [2.24, 2.45) is 0 Å². The smallest absolute Gasteiger partial charge is 0.240 e. The zero-order valence-electron chi connectivity index (χ0n) is 17.4. The second kappa shape index (κ2) is 8.48. The minimum Gasteiger partial charge on any atom is -0.353 e. The molecule has 1 aliphatic rings. The summed E-state index contributed by atoms with van der Waals surface area (Å²) in [6.45, 7) is 13.1. The molecule has 6 heteroatoms. The average Bonchev–Trinajstić information content (AvgIpc) is 2.66. The SMILES string of the molecule is Cc1cccc(-c2nc(C)c(C(C)C)c(N3CCN(C(=O)C(C)Cl)CC3)n2)c1. The van der Waals surface area contributed by atoms with E-state index in [4.69, 9.17) is 21.6 Å². The summed E-state index contributed by atoms with van der Waals surface area (Å²) in [5.74, 6) is 2.08. The Hall–Kier alpha value is -2.14. The zero-order chi connectivity index (χ0) is 20.4. The molecule has 1 unspecified atom stereocenters. The standard InChI is InChI=1S/C22H29ClN4O/c1-14(2)19-17(5)24-20(18-8-6-7-15(3)13-18)25-21(19)26-9-11-27(12-10-26)22(28)16(4)23/h6-8,13-14,16H,9-12H2,1-5H3. The molecule has 1 fully saturated rings. The lowest BCUT2D eigenvalue weighted by atomic mass is 10.0. The van der Waals surface area contributed by atoms with Gasteiger partial charge in [0.2, 0.25) is 5.91 Å². The van der Waals surface area contributed by atoms with Crippen LogP contribution in [0.2, 0.25) is 0 Å². The van der Waals surface area contributed by atoms with Crippen molar-refractivity contribution < 1.29 is 4.79 Å². The lowest BCUT2D eigenvalue weighted by Crippen LogP contribution is -2.51. The number of piperazine rings is 1. The van der Waals surface area contributed by atoms with Gasteiger partial charge in [0.05, 0.1) is 0 Å². The summed E-state index contributed by atoms with van der Waals surface area (Å²) >= 11 is 5.98. The van der Waals surface area contributed by atoms with E-state index in [0.717, 1.165) is 36.0 Å². The van der Waals surface area contributed by atoms with Crippen LogP contribution < -0.4 is 4.90 Å². The van der Waals surface area contributed by atoms with Gasteiger partial charge in [0.1, 0.15) is 11.2 Å². The fourth-order valence-corrected chi connectivity index (χ4v) is 3.92. The quantitative estimate of drug-likeness (QED) is 0.723. The van der Waals surface area contributed by atoms with Gasteiger partial charge in [-0.05, 0) is 32.8 Å². The van der Waals surface area contributed by atoms with Gasteiger partial charge in [-0.2, -0.15) is 0 Å². The summed E-state index contributed by atoms with van der Waals surface area (Å²) in [6.07, 6.45) is 0. The summed E-state index contributed by atoms with van der Waals surface area (Å²) in [6, 6.07) is 8.29. The van der Waals surface area contributed by atoms with Gasteiger partial charge in [0.25, 0.3) is 0 Å². The van der Waals surface area contributed by atoms with E-state index < -0.39 is 5.38 Å². The third-order valence-electron chi connectivity index (χ3n) is 5.20. The Morgan fingerprint density at radius 2 is 1.75 bits per heavy atom. The van der Waals surface area contributed by atoms with Crippen LogP contribution in [0.1, 0.15) is 43.5 Å². The summed E-state index contributed by atoms with van der Waals surface area (Å²) in [5.41, 5.74) is 4.42. The number of carbonyl (C=O) groups excluding carboxylic acids is 1. The predicted molar refractivity (Wildman–Crippen MR) is 115 cm³/mol. The van der Waals surface area contributed by atoms with E-state index in [1.54, 1.807) is 6.92 Å². The molecule has 0 spiro atoms. The molecule has 1 aliphatic heterocycles. The van der Waals surface area contributed by atoms with Crippen LogP contribution in [0.25, 0.3) is 11.4 Å². The van der Waals surface area contributed by atoms with Crippen LogP contribution in [-0.4, -0.2) is 52.3 Å². The summed E-state index contributed by atoms with van der Waals surface area (Å²) in [4.78, 5) is 26.1. The summed E-state index contributed by atoms with van der Waals surface area (Å²) in [7, 11) is 0. The van der Waals surface area contributed by atoms with Crippen molar-refractivity contribution in [3.63, 3.8) is 0 Å². The molecule has 2 heterocycles. The monoisotopic (exact) mass is 400 g/mol. The van der Waals surface area contributed by atoms with Gasteiger partial charge in [-0.3, -0.25) is 4.79 Å². The lowest BCUT2D eigenvalue weighted by molar-refractivity contribution is -0.130. The molecule has 5 nitrogen and oxygen atoms in total. The molecule has 1 atom stereocenters. The molecule has 2 aromatic rings. The molecular weight excluding hydrogens is 372 g/mol. The van der Waals surface area contributed by atoms with Crippen LogP contribution in [0.4, 0.5) is 5.82 Å². The third-order valence-corrected chi connectivity index (χ3v) is 5.39. The topological polar surface area (TPSA) is 49.3 Å². The van der Waals surface area contributed by atoms with Gasteiger partial charge in [-0.1, -0.05) is 37.6 Å². The summed E-state index contributed by atoms with van der Waals surface area (Å²) < 4.78 is 0. The van der Waals surface area contributed by atoms with E-state index in [0.29, 0.717) is 19.0 Å². The number of benzene rings is 1. The second-order valence-corrected chi connectivity index (χ2v) is 8.48. The van der Waals surface area contributed by atoms with Gasteiger partial charge in [-0.25, -0.2) is 9.97 Å². The molecular formula is C22H29ClN4O. The van der Waals surface area contributed by atoms with E-state index in [-0.39, 0.29) is 5.91 Å². The maximum atomic E-state index is 12.2. The minimum absolute atomic E-state index is 0.00437. The Bertz CT molecular complexity index is 858. The first kappa shape index (κ1) is 20.6. The van der Waals surface area contributed by atoms with Crippen LogP contribution in [-0.2, 0) is 4.79 Å². The highest BCUT2D eigenvalue weighted by atomic mass is 35.5. The van der Waals surface area contributed by atoms with Crippen molar-refractivity contribution in [3.8, 4) is 11.4 Å². The van der Waals surface area contributed by atoms with Crippen molar-refractivity contribution in [1.29, 1.82) is 0 Å². The summed E-state index contributed by atoms with van der Waals surface area (Å²) in [5, 5.41) is -0.480. The first-order valence-electron chi connectivity index (χ1n) is 9.91. The maximum Gasteiger partial charge on any atom is 0.240 e. The van der Waals surface area contributed by atoms with Crippen LogP contribution in [0, 0.1) is 13.8 Å². The molecule has 3 rings (SSSR count). The van der Waals surface area contributed by atoms with Crippen molar-refractivity contribution in [2.45, 2.75) is 45.9 Å². The average molecular weight is 401 g/mol. The van der Waals surface area contributed by atoms with E-state index in [1.807, 2.05) is 11.0 Å². The van der Waals surface area contributed by atoms with Crippen LogP contribution in [0.3, 0.4) is 0 Å². The predicted octanol–water partition coefficient (Wildman–Crippen LogP) is 4.16. The highest BCUT2D eigenvalue weighted by molar-refractivity contribution is 6.30. The number of alkyl halides is 1. The van der Waals surface area contributed by atoms with E-state index in [2.05, 4.69) is 50.8 Å². The molecule has 0 bridgehead atoms. The molecule has 0 radical (unpaired) electrons. The zero-order valence-corrected chi connectivity index (χ0v) is 18.1. The van der Waals surface area contributed by atoms with Gasteiger partial charge < -0.3 is 9.80 Å². The first-order valence-corrected chi connectivity index (χ1v) is 10.3. The van der Waals surface area contributed by atoms with Gasteiger partial charge in [0.15, 0.2) is 5.82 Å². The molecule has 1 amide bonds. The fraction of sp³-hybridized carbons (Fsp3) is 0.500. The largest absolute Gasteiger partial charge is 0.353 e. The molecule has 0 saturated carbocycles. The van der Waals surface area contributed by atoms with E-state index in [1.165, 1.54) is 11.1 Å². The van der Waals surface area contributed by atoms with Crippen molar-refractivity contribution in [2.75, 3.05) is 31.1 Å². The number of aryl methyl sites for hydroxylation is 2. The molecule has 1 aromatic carbocycles. The van der Waals surface area contributed by atoms with E-state index >= 15 is 0 Å². The van der Waals surface area contributed by atoms with E-state index in [9.17, 15) is 4.79 Å². The highest BCUT2D eigenvalue weighted by Crippen LogP contribution is 2.31. The van der Waals surface area contributed by atoms with Crippen LogP contribution >= 0.6 is 11.6 Å². The second-order valence-electron chi connectivity index (χ2n) is 7.82. The molecule has 28 heavy (non-hydrogen) atoms. The molecule has 0 aliphatic carbocycles. The maximum absolute atomic E-state index is 12.2. The Morgan fingerprint density at radius 3 is 2.32 bits per heavy atom. The van der Waals surface area contributed by atoms with Gasteiger partial charge >= 0.3 is 0 Å². The number of hydrogen-bond donors (Lipinski definition) is 0. The number of rotatable bonds is 4. The van der Waals surface area contributed by atoms with Crippen molar-refractivity contribution in [3.05, 3.63) is 41.1 Å². The number of carbonyl (C=O) groups is 1. The fourth-order valence-electron chi connectivity index (χ4n) is 3.79. The molecule has 1 saturated heterocycles. The van der Waals surface area contributed by atoms with Gasteiger partial charge in [-0.15, -0.1) is 11.6 Å². The van der Waals surface area contributed by atoms with Gasteiger partial charge in [0, 0.05) is 43.0 Å². The van der Waals surface area contributed by atoms with Crippen LogP contribution in [0.5, 0.6) is 0 Å². The molecule has 0 N–H and O–H groups in total. The number of aromatic nitrogens is 2. The first-order chi connectivity index (χ1) is 13.3.